The van der Waals surface area contributed by atoms with Gasteiger partial charge >= 0.3 is 5.97 Å². The van der Waals surface area contributed by atoms with Crippen molar-refractivity contribution < 1.29 is 58.2 Å². The Morgan fingerprint density at radius 2 is 1.06 bits per heavy atom. The van der Waals surface area contributed by atoms with Gasteiger partial charge < -0.3 is 79.8 Å². The Labute approximate surface area is 486 Å². The van der Waals surface area contributed by atoms with E-state index in [9.17, 15) is 58.2 Å². The first-order chi connectivity index (χ1) is 39.9. The second-order valence-corrected chi connectivity index (χ2v) is 20.4. The molecule has 1 unspecified atom stereocenters. The van der Waals surface area contributed by atoms with E-state index in [0.717, 1.165) is 19.3 Å². The number of aromatic nitrogens is 2. The maximum absolute atomic E-state index is 14.5. The Morgan fingerprint density at radius 1 is 0.554 bits per heavy atom. The van der Waals surface area contributed by atoms with Crippen LogP contribution in [0.4, 0.5) is 0 Å². The van der Waals surface area contributed by atoms with E-state index in [0.29, 0.717) is 30.5 Å². The van der Waals surface area contributed by atoms with E-state index in [2.05, 4.69) is 70.1 Å². The van der Waals surface area contributed by atoms with Crippen LogP contribution < -0.4 is 64.6 Å². The summed E-state index contributed by atoms with van der Waals surface area (Å²) in [7, 11) is 1.31. The summed E-state index contributed by atoms with van der Waals surface area (Å²) in [6.07, 6.45) is 18.0. The molecule has 2 rings (SSSR count). The molecule has 0 bridgehead atoms. The number of guanidine groups is 1. The first kappa shape index (κ1) is 71.4. The number of nitrogens with one attached hydrogen (secondary N) is 12. The Morgan fingerprint density at radius 3 is 1.58 bits per heavy atom. The number of hydrogen-bond acceptors (Lipinski definition) is 14. The zero-order valence-electron chi connectivity index (χ0n) is 48.4. The van der Waals surface area contributed by atoms with Crippen molar-refractivity contribution in [2.45, 2.75) is 191 Å². The number of unbranched alkanes of at least 4 members (excludes halogenated alkanes) is 13. The molecule has 2 aromatic rings. The van der Waals surface area contributed by atoms with E-state index in [4.69, 9.17) is 16.9 Å². The number of aliphatic hydroxyl groups excluding tert-OH is 1. The van der Waals surface area contributed by atoms with E-state index in [1.54, 1.807) is 30.3 Å². The number of benzene rings is 1. The number of carboxylic acid groups (broad SMARTS) is 1. The molecule has 9 amide bonds. The van der Waals surface area contributed by atoms with Gasteiger partial charge in [-0.05, 0) is 57.1 Å². The average molecular weight is 1170 g/mol. The number of imidazole rings is 1. The minimum atomic E-state index is -1.50. The fourth-order valence-corrected chi connectivity index (χ4v) is 8.79. The lowest BCUT2D eigenvalue weighted by Crippen LogP contribution is -2.60. The van der Waals surface area contributed by atoms with Crippen LogP contribution in [0.5, 0.6) is 0 Å². The van der Waals surface area contributed by atoms with E-state index >= 15 is 0 Å². The van der Waals surface area contributed by atoms with Crippen molar-refractivity contribution in [2.24, 2.45) is 11.5 Å². The number of carboxylic acids is 1. The van der Waals surface area contributed by atoms with Crippen molar-refractivity contribution in [3.8, 4) is 0 Å². The van der Waals surface area contributed by atoms with Gasteiger partial charge in [-0.2, -0.15) is 0 Å². The molecular formula is C56H93N15O12. The van der Waals surface area contributed by atoms with Crippen molar-refractivity contribution in [1.82, 2.24) is 63.1 Å². The minimum absolute atomic E-state index is 0.0410. The zero-order valence-corrected chi connectivity index (χ0v) is 48.4. The molecule has 1 aromatic carbocycles. The standard InChI is InChI=1S/C56H93N15O12/c1-3-4-5-6-7-8-9-10-11-12-13-14-18-26-46(73)63-34-47(74)67-45(36-72)51(79)64-35-48(75)66-44(32-39-33-61-37-65-39)55(83)71-43(31-38-22-16-15-17-23-38)54(82)69-41(25-21-30-62-56(58)59)53(81)68-40(24-19-20-29-57)52(80)70-42(50(78)60-2)27-28-49(76)77/h15-17,22-23,33,37,40-45,72H,3-14,18-21,24-32,34-36,57H2,1-2H3,(H,60,78)(H,61,65)(H,63,73)(H,64,79)(H,66,75)(H,67,74)(H,68,81)(H,69,82)(H,70,80)(H,71,83)(H,76,77)(H4,58,59,62)/t40-,41-,42-,43-,44?,45-/m0/s1. The summed E-state index contributed by atoms with van der Waals surface area (Å²) >= 11 is 0. The minimum Gasteiger partial charge on any atom is -0.481 e. The van der Waals surface area contributed by atoms with E-state index in [1.165, 1.54) is 77.4 Å². The number of aliphatic hydroxyl groups is 1. The molecule has 83 heavy (non-hydrogen) atoms. The Balaban J connectivity index is 2.17. The summed E-state index contributed by atoms with van der Waals surface area (Å²) in [6, 6.07) is 0.271. The van der Waals surface area contributed by atoms with Crippen LogP contribution in [0.2, 0.25) is 0 Å². The number of carbonyl (C=O) groups is 10. The predicted octanol–water partition coefficient (Wildman–Crippen LogP) is -0.187. The lowest BCUT2D eigenvalue weighted by atomic mass is 10.0. The van der Waals surface area contributed by atoms with E-state index < -0.39 is 116 Å². The van der Waals surface area contributed by atoms with Gasteiger partial charge in [-0.25, -0.2) is 4.98 Å². The van der Waals surface area contributed by atoms with Gasteiger partial charge in [0, 0.05) is 45.5 Å². The molecule has 1 aromatic heterocycles. The van der Waals surface area contributed by atoms with Gasteiger partial charge in [-0.3, -0.25) is 53.4 Å². The van der Waals surface area contributed by atoms with E-state index in [1.807, 2.05) is 0 Å². The SMILES string of the molecule is CCCCCCCCCCCCCCCC(=O)NCC(=O)N[C@@H](CO)C(=O)NCC(=O)NC(Cc1c[nH]cn1)C(=O)N[C@@H](Cc1ccccc1)C(=O)N[C@@H](CCCNC(=N)N)C(=O)N[C@@H](CCCCN)C(=O)N[C@@H](CCC(=O)O)C(=O)NC. The highest BCUT2D eigenvalue weighted by Gasteiger charge is 2.33. The molecule has 0 fully saturated rings. The smallest absolute Gasteiger partial charge is 0.303 e. The van der Waals surface area contributed by atoms with Gasteiger partial charge in [0.1, 0.15) is 36.3 Å². The molecule has 464 valence electrons. The van der Waals surface area contributed by atoms with Gasteiger partial charge in [0.2, 0.25) is 53.2 Å². The molecule has 0 aliphatic carbocycles. The van der Waals surface area contributed by atoms with E-state index in [-0.39, 0.29) is 69.9 Å². The van der Waals surface area contributed by atoms with Crippen LogP contribution in [0.1, 0.15) is 153 Å². The largest absolute Gasteiger partial charge is 0.481 e. The molecule has 0 saturated carbocycles. The number of carbonyl (C=O) groups excluding carboxylic acids is 9. The number of nitrogens with two attached hydrogens (primary N) is 2. The summed E-state index contributed by atoms with van der Waals surface area (Å²) in [5, 5.41) is 52.1. The third kappa shape index (κ3) is 32.5. The molecule has 27 heteroatoms. The molecule has 1 heterocycles. The van der Waals surface area contributed by atoms with Crippen LogP contribution in [0.15, 0.2) is 42.9 Å². The van der Waals surface area contributed by atoms with Gasteiger partial charge in [0.25, 0.3) is 0 Å². The monoisotopic (exact) mass is 1170 g/mol. The highest BCUT2D eigenvalue weighted by Crippen LogP contribution is 2.14. The second-order valence-electron chi connectivity index (χ2n) is 20.4. The second kappa shape index (κ2) is 43.1. The lowest BCUT2D eigenvalue weighted by Gasteiger charge is -2.27. The molecule has 18 N–H and O–H groups in total. The third-order valence-electron chi connectivity index (χ3n) is 13.5. The number of aliphatic carboxylic acids is 1. The van der Waals surface area contributed by atoms with Gasteiger partial charge in [-0.15, -0.1) is 0 Å². The van der Waals surface area contributed by atoms with Gasteiger partial charge in [0.15, 0.2) is 5.96 Å². The predicted molar refractivity (Wildman–Crippen MR) is 310 cm³/mol. The Kier molecular flexibility index (Phi) is 37.1. The molecule has 0 aliphatic heterocycles. The fraction of sp³-hybridized carbons (Fsp3) is 0.643. The van der Waals surface area contributed by atoms with Crippen LogP contribution in [0.3, 0.4) is 0 Å². The van der Waals surface area contributed by atoms with Crippen LogP contribution in [-0.4, -0.2) is 161 Å². The van der Waals surface area contributed by atoms with Crippen LogP contribution in [0, 0.1) is 5.41 Å². The highest BCUT2D eigenvalue weighted by atomic mass is 16.4. The van der Waals surface area contributed by atoms with Crippen molar-refractivity contribution in [3.05, 3.63) is 54.1 Å². The summed E-state index contributed by atoms with van der Waals surface area (Å²) in [5.41, 5.74) is 12.1. The van der Waals surface area contributed by atoms with Gasteiger partial charge in [-0.1, -0.05) is 114 Å². The molecule has 0 radical (unpaired) electrons. The van der Waals surface area contributed by atoms with Crippen molar-refractivity contribution >= 4 is 65.1 Å². The number of nitrogens with zero attached hydrogens (tertiary/aromatic N) is 1. The first-order valence-electron chi connectivity index (χ1n) is 29.1. The number of likely N-dealkylation sites (N-methyl/N-ethyl adjacent to an activating group) is 1. The molecule has 0 spiro atoms. The third-order valence-corrected chi connectivity index (χ3v) is 13.5. The average Bonchev–Trinajstić information content (AvgIpc) is 4.02. The van der Waals surface area contributed by atoms with Gasteiger partial charge in [0.05, 0.1) is 31.7 Å². The maximum Gasteiger partial charge on any atom is 0.303 e. The summed E-state index contributed by atoms with van der Waals surface area (Å²) < 4.78 is 0. The van der Waals surface area contributed by atoms with Crippen LogP contribution >= 0.6 is 0 Å². The highest BCUT2D eigenvalue weighted by molar-refractivity contribution is 5.97. The first-order valence-corrected chi connectivity index (χ1v) is 29.1. The lowest BCUT2D eigenvalue weighted by molar-refractivity contribution is -0.138. The summed E-state index contributed by atoms with van der Waals surface area (Å²) in [6.45, 7) is 0.550. The normalized spacial score (nSPS) is 13.1. The maximum atomic E-state index is 14.5. The van der Waals surface area contributed by atoms with Crippen molar-refractivity contribution in [3.63, 3.8) is 0 Å². The molecular weight excluding hydrogens is 1070 g/mol. The molecule has 0 aliphatic rings. The molecule has 6 atom stereocenters. The molecule has 0 saturated heterocycles. The van der Waals surface area contributed by atoms with Crippen molar-refractivity contribution in [2.75, 3.05) is 39.8 Å². The number of rotatable bonds is 46. The van der Waals surface area contributed by atoms with Crippen LogP contribution in [-0.2, 0) is 60.8 Å². The fourth-order valence-electron chi connectivity index (χ4n) is 8.79. The number of H-pyrrole nitrogens is 1. The number of amides is 9. The summed E-state index contributed by atoms with van der Waals surface area (Å²) in [5.74, 6) is -8.50. The Hall–Kier alpha value is -7.68. The zero-order chi connectivity index (χ0) is 61.2. The van der Waals surface area contributed by atoms with Crippen molar-refractivity contribution in [1.29, 1.82) is 5.41 Å². The summed E-state index contributed by atoms with van der Waals surface area (Å²) in [4.78, 5) is 139. The Bertz CT molecular complexity index is 2290. The number of hydrogen-bond donors (Lipinski definition) is 16. The topological polar surface area (TPSA) is 436 Å². The number of aromatic amines is 1. The van der Waals surface area contributed by atoms with Crippen LogP contribution in [0.25, 0.3) is 0 Å². The molecule has 27 nitrogen and oxygen atoms in total. The quantitative estimate of drug-likeness (QED) is 0.0232.